The Bertz CT molecular complexity index is 1090. The minimum Gasteiger partial charge on any atom is -0.493 e. The Morgan fingerprint density at radius 1 is 0.882 bits per heavy atom. The van der Waals surface area contributed by atoms with Crippen LogP contribution < -0.4 is 14.2 Å². The average molecular weight is 543 g/mol. The van der Waals surface area contributed by atoms with Crippen LogP contribution in [0.1, 0.15) is 25.0 Å². The van der Waals surface area contributed by atoms with E-state index in [1.165, 1.54) is 0 Å². The number of benzene rings is 3. The van der Waals surface area contributed by atoms with Crippen molar-refractivity contribution in [1.29, 1.82) is 0 Å². The van der Waals surface area contributed by atoms with Crippen LogP contribution in [0.15, 0.2) is 82.2 Å². The highest BCUT2D eigenvalue weighted by atomic mass is 79.9. The zero-order valence-corrected chi connectivity index (χ0v) is 21.5. The van der Waals surface area contributed by atoms with E-state index in [9.17, 15) is 4.79 Å². The van der Waals surface area contributed by atoms with Gasteiger partial charge in [0.05, 0.1) is 17.7 Å². The van der Waals surface area contributed by atoms with Gasteiger partial charge >= 0.3 is 5.97 Å². The highest BCUT2D eigenvalue weighted by Gasteiger charge is 2.15. The van der Waals surface area contributed by atoms with Gasteiger partial charge in [0.2, 0.25) is 0 Å². The van der Waals surface area contributed by atoms with Crippen molar-refractivity contribution < 1.29 is 24.1 Å². The first kappa shape index (κ1) is 25.7. The number of ether oxygens (including phenoxy) is 3. The summed E-state index contributed by atoms with van der Waals surface area (Å²) in [7, 11) is 0. The zero-order chi connectivity index (χ0) is 24.3. The number of carbonyl (C=O) groups is 1. The van der Waals surface area contributed by atoms with Crippen molar-refractivity contribution in [3.8, 4) is 17.2 Å². The SMILES string of the molecule is CCOc1ccccc1C(=CCSc1ccc(OCC(=O)O)c(Br)c1)c1ccccc1OCC. The lowest BCUT2D eigenvalue weighted by molar-refractivity contribution is -0.139. The van der Waals surface area contributed by atoms with Gasteiger partial charge in [-0.2, -0.15) is 0 Å². The summed E-state index contributed by atoms with van der Waals surface area (Å²) in [6.45, 7) is 4.74. The van der Waals surface area contributed by atoms with Crippen LogP contribution in [0.5, 0.6) is 17.2 Å². The van der Waals surface area contributed by atoms with Crippen molar-refractivity contribution in [2.45, 2.75) is 18.7 Å². The maximum atomic E-state index is 10.8. The first-order chi connectivity index (χ1) is 16.5. The van der Waals surface area contributed by atoms with Crippen LogP contribution in [0.25, 0.3) is 5.57 Å². The van der Waals surface area contributed by atoms with Crippen LogP contribution in [0.4, 0.5) is 0 Å². The highest BCUT2D eigenvalue weighted by Crippen LogP contribution is 2.37. The van der Waals surface area contributed by atoms with Crippen molar-refractivity contribution in [3.63, 3.8) is 0 Å². The van der Waals surface area contributed by atoms with Gasteiger partial charge in [-0.25, -0.2) is 4.79 Å². The Morgan fingerprint density at radius 2 is 1.47 bits per heavy atom. The monoisotopic (exact) mass is 542 g/mol. The van der Waals surface area contributed by atoms with Crippen LogP contribution in [0.3, 0.4) is 0 Å². The third-order valence-corrected chi connectivity index (χ3v) is 6.29. The van der Waals surface area contributed by atoms with E-state index < -0.39 is 5.97 Å². The van der Waals surface area contributed by atoms with E-state index in [1.54, 1.807) is 17.8 Å². The van der Waals surface area contributed by atoms with Crippen molar-refractivity contribution in [1.82, 2.24) is 0 Å². The summed E-state index contributed by atoms with van der Waals surface area (Å²) in [4.78, 5) is 11.8. The maximum absolute atomic E-state index is 10.8. The van der Waals surface area contributed by atoms with E-state index in [2.05, 4.69) is 34.1 Å². The number of thioether (sulfide) groups is 1. The molecule has 0 spiro atoms. The van der Waals surface area contributed by atoms with Crippen LogP contribution in [-0.2, 0) is 4.79 Å². The average Bonchev–Trinajstić information content (AvgIpc) is 2.83. The summed E-state index contributed by atoms with van der Waals surface area (Å²) in [5.74, 6) is 1.85. The quantitative estimate of drug-likeness (QED) is 0.250. The molecule has 0 fully saturated rings. The van der Waals surface area contributed by atoms with E-state index in [0.717, 1.165) is 33.1 Å². The topological polar surface area (TPSA) is 65.0 Å². The Balaban J connectivity index is 1.90. The largest absolute Gasteiger partial charge is 0.493 e. The predicted octanol–water partition coefficient (Wildman–Crippen LogP) is 6.93. The fraction of sp³-hybridized carbons (Fsp3) is 0.222. The summed E-state index contributed by atoms with van der Waals surface area (Å²) < 4.78 is 17.8. The van der Waals surface area contributed by atoms with Crippen LogP contribution in [0, 0.1) is 0 Å². The van der Waals surface area contributed by atoms with Crippen LogP contribution >= 0.6 is 27.7 Å². The molecule has 1 N–H and O–H groups in total. The summed E-state index contributed by atoms with van der Waals surface area (Å²) in [6, 6.07) is 21.7. The molecule has 0 atom stereocenters. The van der Waals surface area contributed by atoms with Gasteiger partial charge in [0.25, 0.3) is 0 Å². The van der Waals surface area contributed by atoms with Gasteiger partial charge in [-0.1, -0.05) is 42.5 Å². The second-order valence-electron chi connectivity index (χ2n) is 7.06. The molecule has 0 aliphatic rings. The van der Waals surface area contributed by atoms with Gasteiger partial charge < -0.3 is 19.3 Å². The van der Waals surface area contributed by atoms with E-state index in [-0.39, 0.29) is 6.61 Å². The number of para-hydroxylation sites is 2. The molecule has 3 aromatic rings. The highest BCUT2D eigenvalue weighted by molar-refractivity contribution is 9.10. The van der Waals surface area contributed by atoms with E-state index >= 15 is 0 Å². The minimum atomic E-state index is -1.01. The van der Waals surface area contributed by atoms with Crippen molar-refractivity contribution in [2.75, 3.05) is 25.6 Å². The normalized spacial score (nSPS) is 10.4. The Hall–Kier alpha value is -2.90. The standard InChI is InChI=1S/C27H27BrO5S/c1-3-31-24-11-7-5-9-21(24)20(22-10-6-8-12-25(22)32-4-2)15-16-34-19-13-14-26(23(28)17-19)33-18-27(29)30/h5-15,17H,3-4,16,18H2,1-2H3,(H,29,30). The van der Waals surface area contributed by atoms with E-state index in [1.807, 2.05) is 62.4 Å². The lowest BCUT2D eigenvalue weighted by atomic mass is 9.96. The molecule has 0 saturated heterocycles. The molecule has 0 aromatic heterocycles. The van der Waals surface area contributed by atoms with Gasteiger partial charge in [0.15, 0.2) is 6.61 Å². The third-order valence-electron chi connectivity index (χ3n) is 4.75. The number of hydrogen-bond acceptors (Lipinski definition) is 5. The minimum absolute atomic E-state index is 0.379. The van der Waals surface area contributed by atoms with Gasteiger partial charge in [0.1, 0.15) is 17.2 Å². The first-order valence-corrected chi connectivity index (χ1v) is 12.7. The summed E-state index contributed by atoms with van der Waals surface area (Å²) in [5, 5.41) is 8.81. The second kappa shape index (κ2) is 13.1. The molecular formula is C27H27BrO5S. The summed E-state index contributed by atoms with van der Waals surface area (Å²) in [6.07, 6.45) is 2.18. The fourth-order valence-electron chi connectivity index (χ4n) is 3.36. The Morgan fingerprint density at radius 3 is 2.00 bits per heavy atom. The molecule has 0 radical (unpaired) electrons. The number of hydrogen-bond donors (Lipinski definition) is 1. The fourth-order valence-corrected chi connectivity index (χ4v) is 4.81. The molecule has 0 amide bonds. The molecule has 0 unspecified atom stereocenters. The van der Waals surface area contributed by atoms with Crippen molar-refractivity contribution >= 4 is 39.2 Å². The number of carboxylic acid groups (broad SMARTS) is 1. The molecule has 34 heavy (non-hydrogen) atoms. The maximum Gasteiger partial charge on any atom is 0.341 e. The van der Waals surface area contributed by atoms with E-state index in [0.29, 0.717) is 29.2 Å². The van der Waals surface area contributed by atoms with Gasteiger partial charge in [0, 0.05) is 21.8 Å². The van der Waals surface area contributed by atoms with Crippen molar-refractivity contribution in [3.05, 3.63) is 88.4 Å². The van der Waals surface area contributed by atoms with E-state index in [4.69, 9.17) is 19.3 Å². The molecule has 5 nitrogen and oxygen atoms in total. The zero-order valence-electron chi connectivity index (χ0n) is 19.1. The Kier molecular flexibility index (Phi) is 9.91. The molecule has 0 aliphatic heterocycles. The summed E-state index contributed by atoms with van der Waals surface area (Å²) >= 11 is 5.13. The number of halogens is 1. The predicted molar refractivity (Wildman–Crippen MR) is 140 cm³/mol. The Labute approximate surface area is 212 Å². The van der Waals surface area contributed by atoms with Crippen LogP contribution in [-0.4, -0.2) is 36.6 Å². The first-order valence-electron chi connectivity index (χ1n) is 10.9. The lowest BCUT2D eigenvalue weighted by Crippen LogP contribution is -2.09. The molecule has 3 aromatic carbocycles. The van der Waals surface area contributed by atoms with Crippen molar-refractivity contribution in [2.24, 2.45) is 0 Å². The third kappa shape index (κ3) is 7.05. The summed E-state index contributed by atoms with van der Waals surface area (Å²) in [5.41, 5.74) is 3.06. The van der Waals surface area contributed by atoms with Gasteiger partial charge in [-0.15, -0.1) is 11.8 Å². The molecular weight excluding hydrogens is 516 g/mol. The molecule has 0 heterocycles. The molecule has 0 bridgehead atoms. The van der Waals surface area contributed by atoms with Crippen LogP contribution in [0.2, 0.25) is 0 Å². The number of rotatable bonds is 12. The van der Waals surface area contributed by atoms with Gasteiger partial charge in [-0.05, 0) is 65.7 Å². The van der Waals surface area contributed by atoms with Gasteiger partial charge in [-0.3, -0.25) is 0 Å². The molecule has 7 heteroatoms. The number of carboxylic acids is 1. The molecule has 0 saturated carbocycles. The number of aliphatic carboxylic acids is 1. The lowest BCUT2D eigenvalue weighted by Gasteiger charge is -2.17. The molecule has 178 valence electrons. The molecule has 3 rings (SSSR count). The second-order valence-corrected chi connectivity index (χ2v) is 9.01. The molecule has 0 aliphatic carbocycles. The smallest absolute Gasteiger partial charge is 0.341 e.